The second-order valence-corrected chi connectivity index (χ2v) is 36.4. The van der Waals surface area contributed by atoms with Crippen LogP contribution in [-0.2, 0) is 41.0 Å². The van der Waals surface area contributed by atoms with E-state index in [0.717, 1.165) is 75.1 Å². The van der Waals surface area contributed by atoms with Crippen LogP contribution in [0.5, 0.6) is 0 Å². The molecule has 16 aromatic rings. The first-order chi connectivity index (χ1) is 57.7. The molecule has 1 fully saturated rings. The van der Waals surface area contributed by atoms with E-state index in [1.807, 2.05) is 49.6 Å². The van der Waals surface area contributed by atoms with E-state index < -0.39 is 0 Å². The first-order valence-electron chi connectivity index (χ1n) is 43.1. The first-order valence-corrected chi connectivity index (χ1v) is 43.1. The third-order valence-corrected chi connectivity index (χ3v) is 24.3. The van der Waals surface area contributed by atoms with E-state index >= 15 is 0 Å². The normalized spacial score (nSPS) is 12.3. The minimum Gasteiger partial charge on any atom is -0.241 e. The fraction of sp³-hybridized carbons (Fsp3) is 0.303. The fourth-order valence-electron chi connectivity index (χ4n) is 17.1. The zero-order valence-corrected chi connectivity index (χ0v) is 75.6. The standard InChI is InChI=1S/C28H30N3.C28H32N3.C27H30N3.C26H28N3/c1-18-11-19(2)20(3)26(12-18)27-14-24-13-22(9-10-23(24)17-31(27)4)25-15-29-28(30-16-25)21-7-5-6-8-21;1-18-10-19(2)20(3)25(11-18)26-13-23-12-21(8-9-22(23)17-31(26)7)24-15-29-27(30-16-24)14-28(4,5)6;1-17(2)9-27-28-14-24(15-29-27)21-7-8-22-16-30(6)26(13-23(22)12-21)25-11-18(3)10-19(4)20(25)5;1-16(2)26-27-13-23(14-28-26)20-7-8-21-15-29(6)25(12-22(21)11-20)24-10-17(3)9-18(4)19(24)5/h9-17,21H,5-8H2,1-4H3;8-13,15-17H,14H2,1-7H3;7-8,10-17H,9H2,1-6H3;7-16H,1-6H3/q4*+1. The van der Waals surface area contributed by atoms with Crippen molar-refractivity contribution in [1.82, 2.24) is 39.9 Å². The first kappa shape index (κ1) is 85.1. The Bertz CT molecular complexity index is 6540. The van der Waals surface area contributed by atoms with Gasteiger partial charge in [-0.05, 0) is 268 Å². The van der Waals surface area contributed by atoms with Crippen molar-refractivity contribution in [2.45, 2.75) is 182 Å². The molecule has 0 bridgehead atoms. The third-order valence-electron chi connectivity index (χ3n) is 24.3. The Morgan fingerprint density at radius 2 is 0.587 bits per heavy atom. The molecule has 8 aromatic heterocycles. The molecule has 8 heterocycles. The Morgan fingerprint density at radius 1 is 0.314 bits per heavy atom. The van der Waals surface area contributed by atoms with Crippen molar-refractivity contribution in [3.8, 4) is 89.5 Å². The van der Waals surface area contributed by atoms with E-state index in [1.165, 1.54) is 186 Å². The number of nitrogens with zero attached hydrogens (tertiary/aromatic N) is 12. The molecular weight excluding hydrogens is 1480 g/mol. The number of benzene rings is 8. The Balaban J connectivity index is 0.000000132. The largest absolute Gasteiger partial charge is 0.241 e. The molecule has 1 saturated carbocycles. The highest BCUT2D eigenvalue weighted by atomic mass is 14.9. The van der Waals surface area contributed by atoms with E-state index in [1.54, 1.807) is 0 Å². The molecule has 0 saturated heterocycles. The number of hydrogen-bond acceptors (Lipinski definition) is 8. The maximum atomic E-state index is 4.71. The molecule has 0 N–H and O–H groups in total. The summed E-state index contributed by atoms with van der Waals surface area (Å²) in [6.45, 7) is 41.5. The lowest BCUT2D eigenvalue weighted by atomic mass is 9.92. The van der Waals surface area contributed by atoms with Crippen molar-refractivity contribution in [1.29, 1.82) is 0 Å². The van der Waals surface area contributed by atoms with E-state index in [2.05, 4.69) is 378 Å². The Morgan fingerprint density at radius 3 is 0.860 bits per heavy atom. The molecule has 121 heavy (non-hydrogen) atoms. The molecule has 12 heteroatoms. The molecule has 1 aliphatic rings. The van der Waals surface area contributed by atoms with Gasteiger partial charge >= 0.3 is 0 Å². The predicted molar refractivity (Wildman–Crippen MR) is 500 cm³/mol. The average Bonchev–Trinajstić information content (AvgIpc) is 0.885. The van der Waals surface area contributed by atoms with Crippen LogP contribution < -0.4 is 18.3 Å². The van der Waals surface area contributed by atoms with Crippen LogP contribution in [0.1, 0.15) is 176 Å². The van der Waals surface area contributed by atoms with Gasteiger partial charge in [0.15, 0.2) is 24.8 Å². The summed E-state index contributed by atoms with van der Waals surface area (Å²) in [6.07, 6.45) is 31.4. The van der Waals surface area contributed by atoms with Gasteiger partial charge in [-0.2, -0.15) is 0 Å². The maximum Gasteiger partial charge on any atom is 0.213 e. The topological polar surface area (TPSA) is 119 Å². The quantitative estimate of drug-likeness (QED) is 0.105. The van der Waals surface area contributed by atoms with Gasteiger partial charge in [-0.1, -0.05) is 132 Å². The molecule has 612 valence electrons. The highest BCUT2D eigenvalue weighted by molar-refractivity contribution is 5.92. The summed E-state index contributed by atoms with van der Waals surface area (Å²) in [7, 11) is 8.51. The van der Waals surface area contributed by atoms with Crippen molar-refractivity contribution in [2.24, 2.45) is 39.5 Å². The van der Waals surface area contributed by atoms with Gasteiger partial charge in [0.2, 0.25) is 22.8 Å². The van der Waals surface area contributed by atoms with E-state index in [-0.39, 0.29) is 5.41 Å². The SMILES string of the molecule is Cc1cc(C)c(C)c(-c2cc3cc(-c4cnc(C(C)C)nc4)ccc3c[n+]2C)c1.Cc1cc(C)c(C)c(-c2cc3cc(-c4cnc(C5CCCC5)nc4)ccc3c[n+]2C)c1.Cc1cc(C)c(C)c(-c2cc3cc(-c4cnc(CC(C)(C)C)nc4)ccc3c[n+]2C)c1.Cc1cc(C)c(C)c(-c2cc3cc(-c4cnc(CC(C)C)nc4)ccc3c[n+]2C)c1. The summed E-state index contributed by atoms with van der Waals surface area (Å²) in [4.78, 5) is 36.9. The van der Waals surface area contributed by atoms with Gasteiger partial charge in [0, 0.05) is 165 Å². The van der Waals surface area contributed by atoms with Gasteiger partial charge in [0.1, 0.15) is 51.5 Å². The second kappa shape index (κ2) is 36.0. The van der Waals surface area contributed by atoms with Crippen LogP contribution in [0.15, 0.2) is 220 Å². The number of pyridine rings is 4. The molecule has 1 aliphatic carbocycles. The molecule has 0 amide bonds. The van der Waals surface area contributed by atoms with Crippen LogP contribution in [0.3, 0.4) is 0 Å². The highest BCUT2D eigenvalue weighted by Crippen LogP contribution is 2.38. The fourth-order valence-corrected chi connectivity index (χ4v) is 17.1. The third kappa shape index (κ3) is 19.6. The van der Waals surface area contributed by atoms with Crippen LogP contribution in [0.2, 0.25) is 0 Å². The average molecular weight is 1600 g/mol. The van der Waals surface area contributed by atoms with Gasteiger partial charge in [-0.25, -0.2) is 58.1 Å². The molecule has 17 rings (SSSR count). The van der Waals surface area contributed by atoms with Crippen LogP contribution >= 0.6 is 0 Å². The second-order valence-electron chi connectivity index (χ2n) is 36.4. The van der Waals surface area contributed by atoms with E-state index in [4.69, 9.17) is 9.97 Å². The van der Waals surface area contributed by atoms with Crippen LogP contribution in [-0.4, -0.2) is 39.9 Å². The summed E-state index contributed by atoms with van der Waals surface area (Å²) in [5.41, 5.74) is 35.0. The lowest BCUT2D eigenvalue weighted by Gasteiger charge is -2.16. The smallest absolute Gasteiger partial charge is 0.213 e. The van der Waals surface area contributed by atoms with Crippen molar-refractivity contribution in [3.63, 3.8) is 0 Å². The number of fused-ring (bicyclic) bond motifs is 4. The Labute approximate surface area is 717 Å². The Kier molecular flexibility index (Phi) is 25.3. The van der Waals surface area contributed by atoms with Crippen molar-refractivity contribution >= 4 is 43.1 Å². The molecular formula is C109H120N12+4. The molecule has 8 aromatic carbocycles. The van der Waals surface area contributed by atoms with Crippen molar-refractivity contribution in [3.05, 3.63) is 310 Å². The zero-order chi connectivity index (χ0) is 86.0. The molecule has 0 unspecified atom stereocenters. The van der Waals surface area contributed by atoms with Gasteiger partial charge in [0.05, 0.1) is 0 Å². The van der Waals surface area contributed by atoms with Gasteiger partial charge in [-0.15, -0.1) is 0 Å². The van der Waals surface area contributed by atoms with Crippen LogP contribution in [0.4, 0.5) is 0 Å². The monoisotopic (exact) mass is 1600 g/mol. The highest BCUT2D eigenvalue weighted by Gasteiger charge is 2.25. The molecule has 0 radical (unpaired) electrons. The summed E-state index contributed by atoms with van der Waals surface area (Å²) in [5, 5.41) is 9.83. The summed E-state index contributed by atoms with van der Waals surface area (Å²) in [5.74, 6) is 5.16. The van der Waals surface area contributed by atoms with Crippen LogP contribution in [0.25, 0.3) is 133 Å². The predicted octanol–water partition coefficient (Wildman–Crippen LogP) is 24.4. The van der Waals surface area contributed by atoms with Crippen molar-refractivity contribution in [2.75, 3.05) is 0 Å². The summed E-state index contributed by atoms with van der Waals surface area (Å²) >= 11 is 0. The molecule has 0 aliphatic heterocycles. The minimum absolute atomic E-state index is 0.183. The molecule has 12 nitrogen and oxygen atoms in total. The lowest BCUT2D eigenvalue weighted by molar-refractivity contribution is -0.659. The van der Waals surface area contributed by atoms with E-state index in [0.29, 0.717) is 17.8 Å². The summed E-state index contributed by atoms with van der Waals surface area (Å²) < 4.78 is 8.92. The van der Waals surface area contributed by atoms with Gasteiger partial charge in [0.25, 0.3) is 0 Å². The van der Waals surface area contributed by atoms with Crippen molar-refractivity contribution < 1.29 is 18.3 Å². The van der Waals surface area contributed by atoms with Gasteiger partial charge in [-0.3, -0.25) is 0 Å². The number of hydrogen-bond donors (Lipinski definition) is 0. The minimum atomic E-state index is 0.183. The summed E-state index contributed by atoms with van der Waals surface area (Å²) in [6, 6.07) is 53.8. The molecule has 0 atom stereocenters. The van der Waals surface area contributed by atoms with E-state index in [9.17, 15) is 0 Å². The van der Waals surface area contributed by atoms with Crippen LogP contribution in [0, 0.1) is 94.4 Å². The lowest BCUT2D eigenvalue weighted by Crippen LogP contribution is -2.30. The Hall–Kier alpha value is -12.3. The number of aryl methyl sites for hydroxylation is 12. The number of rotatable bonds is 13. The van der Waals surface area contributed by atoms with Gasteiger partial charge < -0.3 is 0 Å². The maximum absolute atomic E-state index is 4.71. The number of aromatic nitrogens is 12. The zero-order valence-electron chi connectivity index (χ0n) is 75.6. The molecule has 0 spiro atoms.